The summed E-state index contributed by atoms with van der Waals surface area (Å²) in [4.78, 5) is 12.2. The van der Waals surface area contributed by atoms with Gasteiger partial charge in [-0.2, -0.15) is 0 Å². The fraction of sp³-hybridized carbons (Fsp3) is 0.235. The van der Waals surface area contributed by atoms with Crippen LogP contribution in [0.15, 0.2) is 47.0 Å². The smallest absolute Gasteiger partial charge is 0.264 e. The normalized spacial score (nSPS) is 10.7. The van der Waals surface area contributed by atoms with Gasteiger partial charge in [-0.25, -0.2) is 0 Å². The molecule has 0 aliphatic carbocycles. The van der Waals surface area contributed by atoms with Gasteiger partial charge in [0.2, 0.25) is 11.8 Å². The van der Waals surface area contributed by atoms with E-state index in [1.54, 1.807) is 4.57 Å². The van der Waals surface area contributed by atoms with Crippen molar-refractivity contribution >= 4 is 11.6 Å². The number of anilines is 1. The van der Waals surface area contributed by atoms with Crippen LogP contribution in [0.3, 0.4) is 0 Å². The largest absolute Gasteiger partial charge is 0.419 e. The fourth-order valence-corrected chi connectivity index (χ4v) is 2.24. The molecule has 1 aromatic carbocycles. The van der Waals surface area contributed by atoms with Crippen LogP contribution in [0.1, 0.15) is 18.4 Å². The molecule has 1 N–H and O–H groups in total. The van der Waals surface area contributed by atoms with Gasteiger partial charge in [0.05, 0.1) is 0 Å². The van der Waals surface area contributed by atoms with Crippen molar-refractivity contribution in [2.45, 2.75) is 26.8 Å². The Bertz CT molecular complexity index is 802. The zero-order valence-electron chi connectivity index (χ0n) is 13.1. The first-order chi connectivity index (χ1) is 11.2. The lowest BCUT2D eigenvalue weighted by Gasteiger charge is -2.08. The molecule has 0 aliphatic rings. The summed E-state index contributed by atoms with van der Waals surface area (Å²) >= 11 is 0. The summed E-state index contributed by atoms with van der Waals surface area (Å²) in [7, 11) is 0. The van der Waals surface area contributed by atoms with E-state index in [1.165, 1.54) is 0 Å². The van der Waals surface area contributed by atoms with Gasteiger partial charge in [-0.1, -0.05) is 24.6 Å². The Morgan fingerprint density at radius 1 is 1.22 bits per heavy atom. The number of aryl methyl sites for hydroxylation is 2. The first-order valence-corrected chi connectivity index (χ1v) is 7.50. The van der Waals surface area contributed by atoms with Crippen molar-refractivity contribution in [3.8, 4) is 11.6 Å². The molecule has 0 atom stereocenters. The van der Waals surface area contributed by atoms with E-state index < -0.39 is 0 Å². The summed E-state index contributed by atoms with van der Waals surface area (Å²) in [6.07, 6.45) is 2.50. The molecule has 0 radical (unpaired) electrons. The number of hydrogen-bond donors (Lipinski definition) is 1. The lowest BCUT2D eigenvalue weighted by Crippen LogP contribution is -2.18. The van der Waals surface area contributed by atoms with E-state index in [0.717, 1.165) is 16.9 Å². The first kappa shape index (κ1) is 15.0. The molecule has 118 valence electrons. The molecule has 0 bridgehead atoms. The molecule has 0 unspecified atom stereocenters. The zero-order chi connectivity index (χ0) is 16.2. The van der Waals surface area contributed by atoms with Crippen LogP contribution in [0.5, 0.6) is 0 Å². The number of carbonyl (C=O) groups excluding carboxylic acids is 1. The van der Waals surface area contributed by atoms with Crippen molar-refractivity contribution in [3.05, 3.63) is 54.0 Å². The third kappa shape index (κ3) is 3.48. The maximum atomic E-state index is 12.2. The number of nitrogens with one attached hydrogen (secondary N) is 1. The molecule has 6 nitrogen and oxygen atoms in total. The van der Waals surface area contributed by atoms with E-state index in [4.69, 9.17) is 4.42 Å². The number of carbonyl (C=O) groups is 1. The Labute approximate surface area is 134 Å². The third-order valence-electron chi connectivity index (χ3n) is 3.47. The highest BCUT2D eigenvalue weighted by Crippen LogP contribution is 2.19. The van der Waals surface area contributed by atoms with E-state index in [1.807, 2.05) is 56.4 Å². The summed E-state index contributed by atoms with van der Waals surface area (Å²) in [5.41, 5.74) is 2.66. The molecule has 0 aliphatic heterocycles. The maximum Gasteiger partial charge on any atom is 0.264 e. The Hall–Kier alpha value is -2.89. The number of rotatable bonds is 5. The van der Waals surface area contributed by atoms with Gasteiger partial charge in [0.25, 0.3) is 5.89 Å². The van der Waals surface area contributed by atoms with Gasteiger partial charge in [-0.15, -0.1) is 10.2 Å². The lowest BCUT2D eigenvalue weighted by molar-refractivity contribution is -0.116. The zero-order valence-corrected chi connectivity index (χ0v) is 13.1. The Kier molecular flexibility index (Phi) is 4.23. The number of benzene rings is 1. The molecule has 3 rings (SSSR count). The second-order valence-corrected chi connectivity index (χ2v) is 5.29. The second kappa shape index (κ2) is 6.48. The van der Waals surface area contributed by atoms with Gasteiger partial charge in [0.1, 0.15) is 12.2 Å². The van der Waals surface area contributed by atoms with Crippen molar-refractivity contribution < 1.29 is 9.21 Å². The predicted octanol–water partition coefficient (Wildman–Crippen LogP) is 3.05. The monoisotopic (exact) mass is 310 g/mol. The number of nitrogens with zero attached hydrogens (tertiary/aromatic N) is 3. The molecule has 0 fully saturated rings. The van der Waals surface area contributed by atoms with Crippen LogP contribution < -0.4 is 5.32 Å². The first-order valence-electron chi connectivity index (χ1n) is 7.50. The summed E-state index contributed by atoms with van der Waals surface area (Å²) in [5.74, 6) is 0.897. The summed E-state index contributed by atoms with van der Waals surface area (Å²) < 4.78 is 7.34. The van der Waals surface area contributed by atoms with E-state index in [-0.39, 0.29) is 12.5 Å². The molecule has 0 saturated carbocycles. The van der Waals surface area contributed by atoms with Gasteiger partial charge < -0.3 is 14.3 Å². The van der Waals surface area contributed by atoms with Crippen molar-refractivity contribution in [2.75, 3.05) is 5.32 Å². The van der Waals surface area contributed by atoms with Crippen molar-refractivity contribution in [1.82, 2.24) is 14.8 Å². The Balaban J connectivity index is 1.72. The molecule has 2 heterocycles. The topological polar surface area (TPSA) is 73.0 Å². The molecular formula is C17H18N4O2. The predicted molar refractivity (Wildman–Crippen MR) is 86.9 cm³/mol. The highest BCUT2D eigenvalue weighted by atomic mass is 16.4. The standard InChI is InChI=1S/C17H18N4O2/c1-3-16-19-20-17(23-16)14-5-4-10-21(14)11-15(22)18-13-8-6-12(2)7-9-13/h4-10H,3,11H2,1-2H3,(H,18,22). The number of amides is 1. The van der Waals surface area contributed by atoms with Gasteiger partial charge in [-0.05, 0) is 31.2 Å². The molecule has 0 spiro atoms. The van der Waals surface area contributed by atoms with Gasteiger partial charge in [-0.3, -0.25) is 4.79 Å². The van der Waals surface area contributed by atoms with Crippen LogP contribution in [0.25, 0.3) is 11.6 Å². The van der Waals surface area contributed by atoms with E-state index in [2.05, 4.69) is 15.5 Å². The van der Waals surface area contributed by atoms with E-state index in [0.29, 0.717) is 18.2 Å². The summed E-state index contributed by atoms with van der Waals surface area (Å²) in [5, 5.41) is 10.9. The van der Waals surface area contributed by atoms with Crippen molar-refractivity contribution in [2.24, 2.45) is 0 Å². The summed E-state index contributed by atoms with van der Waals surface area (Å²) in [6.45, 7) is 4.14. The van der Waals surface area contributed by atoms with Gasteiger partial charge in [0, 0.05) is 18.3 Å². The van der Waals surface area contributed by atoms with Crippen molar-refractivity contribution in [3.63, 3.8) is 0 Å². The van der Waals surface area contributed by atoms with E-state index in [9.17, 15) is 4.79 Å². The summed E-state index contributed by atoms with van der Waals surface area (Å²) in [6, 6.07) is 11.4. The lowest BCUT2D eigenvalue weighted by atomic mass is 10.2. The second-order valence-electron chi connectivity index (χ2n) is 5.29. The van der Waals surface area contributed by atoms with Crippen LogP contribution in [0.2, 0.25) is 0 Å². The third-order valence-corrected chi connectivity index (χ3v) is 3.47. The fourth-order valence-electron chi connectivity index (χ4n) is 2.24. The van der Waals surface area contributed by atoms with Gasteiger partial charge in [0.15, 0.2) is 0 Å². The quantitative estimate of drug-likeness (QED) is 0.786. The van der Waals surface area contributed by atoms with Gasteiger partial charge >= 0.3 is 0 Å². The average Bonchev–Trinajstić information content (AvgIpc) is 3.18. The van der Waals surface area contributed by atoms with Crippen molar-refractivity contribution in [1.29, 1.82) is 0 Å². The molecular weight excluding hydrogens is 292 g/mol. The molecule has 0 saturated heterocycles. The van der Waals surface area contributed by atoms with Crippen LogP contribution in [0, 0.1) is 6.92 Å². The highest BCUT2D eigenvalue weighted by Gasteiger charge is 2.13. The van der Waals surface area contributed by atoms with Crippen LogP contribution in [-0.4, -0.2) is 20.7 Å². The number of hydrogen-bond acceptors (Lipinski definition) is 4. The van der Waals surface area contributed by atoms with Crippen LogP contribution in [-0.2, 0) is 17.8 Å². The molecule has 6 heteroatoms. The van der Waals surface area contributed by atoms with Crippen LogP contribution in [0.4, 0.5) is 5.69 Å². The molecule has 23 heavy (non-hydrogen) atoms. The minimum absolute atomic E-state index is 0.110. The Morgan fingerprint density at radius 3 is 2.70 bits per heavy atom. The SMILES string of the molecule is CCc1nnc(-c2cccn2CC(=O)Nc2ccc(C)cc2)o1. The van der Waals surface area contributed by atoms with Crippen LogP contribution >= 0.6 is 0 Å². The van der Waals surface area contributed by atoms with E-state index >= 15 is 0 Å². The minimum Gasteiger partial charge on any atom is -0.419 e. The average molecular weight is 310 g/mol. The number of aromatic nitrogens is 3. The molecule has 3 aromatic rings. The maximum absolute atomic E-state index is 12.2. The minimum atomic E-state index is -0.110. The molecule has 1 amide bonds. The Morgan fingerprint density at radius 2 is 2.00 bits per heavy atom. The molecule has 2 aromatic heterocycles. The highest BCUT2D eigenvalue weighted by molar-refractivity contribution is 5.90.